The first-order chi connectivity index (χ1) is 23.7. The van der Waals surface area contributed by atoms with Gasteiger partial charge in [-0.2, -0.15) is 13.2 Å². The fourth-order valence-corrected chi connectivity index (χ4v) is 6.64. The zero-order chi connectivity index (χ0) is 38.1. The van der Waals surface area contributed by atoms with Crippen LogP contribution in [0.2, 0.25) is 0 Å². The van der Waals surface area contributed by atoms with E-state index in [1.54, 1.807) is 51.2 Å². The van der Waals surface area contributed by atoms with Crippen molar-refractivity contribution in [2.24, 2.45) is 11.8 Å². The van der Waals surface area contributed by atoms with E-state index >= 15 is 0 Å². The lowest BCUT2D eigenvalue weighted by Crippen LogP contribution is -2.51. The van der Waals surface area contributed by atoms with Crippen molar-refractivity contribution in [1.29, 1.82) is 0 Å². The van der Waals surface area contributed by atoms with Crippen molar-refractivity contribution in [3.05, 3.63) is 36.0 Å². The molecular weight excluding hydrogens is 673 g/mol. The van der Waals surface area contributed by atoms with E-state index < -0.39 is 66.2 Å². The van der Waals surface area contributed by atoms with Crippen LogP contribution >= 0.6 is 0 Å². The predicted octanol–water partition coefficient (Wildman–Crippen LogP) is 4.67. The van der Waals surface area contributed by atoms with Crippen molar-refractivity contribution in [2.75, 3.05) is 32.7 Å². The molecule has 3 heterocycles. The number of carbonyl (C=O) groups is 2. The van der Waals surface area contributed by atoms with E-state index in [0.29, 0.717) is 31.5 Å². The topological polar surface area (TPSA) is 153 Å². The van der Waals surface area contributed by atoms with Crippen LogP contribution in [0, 0.1) is 11.8 Å². The average Bonchev–Trinajstić information content (AvgIpc) is 3.80. The molecular formula is C37H59F3N2O9. The van der Waals surface area contributed by atoms with Crippen LogP contribution in [0.25, 0.3) is 0 Å². The highest BCUT2D eigenvalue weighted by atomic mass is 19.4. The number of aliphatic hydroxyl groups is 4. The lowest BCUT2D eigenvalue weighted by atomic mass is 9.88. The van der Waals surface area contributed by atoms with Gasteiger partial charge in [-0.15, -0.1) is 0 Å². The number of halogens is 3. The van der Waals surface area contributed by atoms with Crippen LogP contribution in [0.1, 0.15) is 86.5 Å². The third kappa shape index (κ3) is 14.1. The summed E-state index contributed by atoms with van der Waals surface area (Å²) in [4.78, 5) is 29.4. The van der Waals surface area contributed by atoms with E-state index in [0.717, 1.165) is 0 Å². The number of cyclic esters (lactones) is 1. The number of esters is 1. The summed E-state index contributed by atoms with van der Waals surface area (Å²) < 4.78 is 55.0. The van der Waals surface area contributed by atoms with E-state index in [-0.39, 0.29) is 63.4 Å². The molecule has 3 aliphatic rings. The first-order valence-corrected chi connectivity index (χ1v) is 18.2. The van der Waals surface area contributed by atoms with Gasteiger partial charge in [0.1, 0.15) is 11.7 Å². The summed E-state index contributed by atoms with van der Waals surface area (Å²) in [6, 6.07) is 0. The second-order valence-corrected chi connectivity index (χ2v) is 15.1. The zero-order valence-corrected chi connectivity index (χ0v) is 30.8. The van der Waals surface area contributed by atoms with Crippen LogP contribution < -0.4 is 0 Å². The Morgan fingerprint density at radius 1 is 1.22 bits per heavy atom. The molecule has 4 N–H and O–H groups in total. The summed E-state index contributed by atoms with van der Waals surface area (Å²) in [6.07, 6.45) is -0.509. The molecule has 0 aromatic rings. The molecule has 3 aliphatic heterocycles. The molecule has 10 atom stereocenters. The Labute approximate surface area is 300 Å². The molecule has 10 unspecified atom stereocenters. The van der Waals surface area contributed by atoms with Gasteiger partial charge in [0.15, 0.2) is 6.10 Å². The maximum absolute atomic E-state index is 13.2. The highest BCUT2D eigenvalue weighted by molar-refractivity contribution is 5.70. The van der Waals surface area contributed by atoms with Gasteiger partial charge in [0.2, 0.25) is 0 Å². The number of aliphatic hydroxyl groups excluding tert-OH is 2. The van der Waals surface area contributed by atoms with Crippen molar-refractivity contribution >= 4 is 12.1 Å². The third-order valence-corrected chi connectivity index (χ3v) is 10.2. The molecule has 1 amide bonds. The van der Waals surface area contributed by atoms with Crippen molar-refractivity contribution in [1.82, 2.24) is 9.80 Å². The van der Waals surface area contributed by atoms with E-state index in [2.05, 4.69) is 0 Å². The van der Waals surface area contributed by atoms with Crippen molar-refractivity contribution in [3.63, 3.8) is 0 Å². The average molecular weight is 733 g/mol. The Hall–Kier alpha value is -2.49. The number of ether oxygens (including phenoxy) is 3. The zero-order valence-electron chi connectivity index (χ0n) is 30.8. The van der Waals surface area contributed by atoms with Crippen molar-refractivity contribution < 1.29 is 57.4 Å². The molecule has 0 bridgehead atoms. The van der Waals surface area contributed by atoms with Crippen LogP contribution in [0.3, 0.4) is 0 Å². The van der Waals surface area contributed by atoms with E-state index in [9.17, 15) is 43.2 Å². The molecule has 292 valence electrons. The van der Waals surface area contributed by atoms with Crippen LogP contribution in [0.5, 0.6) is 0 Å². The summed E-state index contributed by atoms with van der Waals surface area (Å²) in [5, 5.41) is 43.2. The number of hydrogen-bond donors (Lipinski definition) is 4. The molecule has 0 saturated carbocycles. The first kappa shape index (κ1) is 42.9. The number of hydrogen-bond acceptors (Lipinski definition) is 10. The van der Waals surface area contributed by atoms with Crippen LogP contribution in [-0.4, -0.2) is 129 Å². The maximum atomic E-state index is 13.2. The minimum atomic E-state index is -4.21. The molecule has 14 heteroatoms. The van der Waals surface area contributed by atoms with Gasteiger partial charge < -0.3 is 39.5 Å². The Morgan fingerprint density at radius 2 is 1.88 bits per heavy atom. The number of amides is 1. The SMILES string of the molecule is CCC(O)C(C)C1OC1CC(C)(O)/C=C/C=C(\C)C1OC(=O)CC(O)CCC(C)(O)C(OC(=O)N2CCN(CCCC(F)(F)F)CC2)/C=C/C1C. The summed E-state index contributed by atoms with van der Waals surface area (Å²) in [5.74, 6) is -1.11. The fraction of sp³-hybridized carbons (Fsp3) is 0.784. The Balaban J connectivity index is 1.69. The van der Waals surface area contributed by atoms with Gasteiger partial charge in [0.05, 0.1) is 36.4 Å². The number of epoxide rings is 1. The molecule has 3 rings (SSSR count). The van der Waals surface area contributed by atoms with Gasteiger partial charge in [-0.25, -0.2) is 4.79 Å². The van der Waals surface area contributed by atoms with Gasteiger partial charge in [-0.05, 0) is 64.6 Å². The molecule has 2 fully saturated rings. The molecule has 0 spiro atoms. The highest BCUT2D eigenvalue weighted by Gasteiger charge is 2.47. The second kappa shape index (κ2) is 18.5. The van der Waals surface area contributed by atoms with Gasteiger partial charge in [-0.3, -0.25) is 9.69 Å². The molecule has 51 heavy (non-hydrogen) atoms. The van der Waals surface area contributed by atoms with Crippen LogP contribution in [0.4, 0.5) is 18.0 Å². The van der Waals surface area contributed by atoms with Crippen molar-refractivity contribution in [3.8, 4) is 0 Å². The summed E-state index contributed by atoms with van der Waals surface area (Å²) in [5.41, 5.74) is -2.15. The van der Waals surface area contributed by atoms with E-state index in [4.69, 9.17) is 14.2 Å². The number of alkyl halides is 3. The standard InChI is InChI=1S/C37H59F3N2O9/c1-7-28(44)26(4)33-29(49-33)23-35(5,47)14-8-10-24(2)32-25(3)11-12-30(36(6,48)16-13-27(43)22-31(45)51-32)50-34(46)42-20-18-41(19-21-42)17-9-15-37(38,39)40/h8,10-12,14,25-30,32-33,43-44,47-48H,7,9,13,15-23H2,1-6H3/b12-11+,14-8+,24-10+. The van der Waals surface area contributed by atoms with Crippen LogP contribution in [0.15, 0.2) is 36.0 Å². The van der Waals surface area contributed by atoms with Crippen molar-refractivity contribution in [2.45, 2.75) is 140 Å². The molecule has 0 radical (unpaired) electrons. The van der Waals surface area contributed by atoms with E-state index in [1.165, 1.54) is 11.8 Å². The number of allylic oxidation sites excluding steroid dienone is 2. The van der Waals surface area contributed by atoms with Gasteiger partial charge in [-0.1, -0.05) is 45.1 Å². The Kier molecular flexibility index (Phi) is 15.6. The summed E-state index contributed by atoms with van der Waals surface area (Å²) in [6.45, 7) is 12.2. The number of rotatable bonds is 12. The lowest BCUT2D eigenvalue weighted by molar-refractivity contribution is -0.151. The maximum Gasteiger partial charge on any atom is 0.410 e. The Bertz CT molecular complexity index is 1230. The van der Waals surface area contributed by atoms with Gasteiger partial charge >= 0.3 is 18.2 Å². The van der Waals surface area contributed by atoms with Gasteiger partial charge in [0.25, 0.3) is 0 Å². The fourth-order valence-electron chi connectivity index (χ4n) is 6.64. The Morgan fingerprint density at radius 3 is 2.51 bits per heavy atom. The molecule has 0 aromatic heterocycles. The quantitative estimate of drug-likeness (QED) is 0.0965. The summed E-state index contributed by atoms with van der Waals surface area (Å²) in [7, 11) is 0. The molecule has 0 aromatic carbocycles. The number of carbonyl (C=O) groups excluding carboxylic acids is 2. The minimum absolute atomic E-state index is 0.0168. The largest absolute Gasteiger partial charge is 0.457 e. The normalized spacial score (nSPS) is 33.4. The monoisotopic (exact) mass is 732 g/mol. The molecule has 2 saturated heterocycles. The molecule has 11 nitrogen and oxygen atoms in total. The van der Waals surface area contributed by atoms with E-state index in [1.807, 2.05) is 18.7 Å². The highest BCUT2D eigenvalue weighted by Crippen LogP contribution is 2.37. The number of piperazine rings is 1. The number of nitrogens with zero attached hydrogens (tertiary/aromatic N) is 2. The second-order valence-electron chi connectivity index (χ2n) is 15.1. The minimum Gasteiger partial charge on any atom is -0.457 e. The smallest absolute Gasteiger partial charge is 0.410 e. The summed E-state index contributed by atoms with van der Waals surface area (Å²) >= 11 is 0. The first-order valence-electron chi connectivity index (χ1n) is 18.2. The van der Waals surface area contributed by atoms with Crippen LogP contribution in [-0.2, 0) is 19.0 Å². The lowest BCUT2D eigenvalue weighted by Gasteiger charge is -2.37. The molecule has 0 aliphatic carbocycles. The third-order valence-electron chi connectivity index (χ3n) is 10.2. The predicted molar refractivity (Wildman–Crippen MR) is 184 cm³/mol. The van der Waals surface area contributed by atoms with Gasteiger partial charge in [0, 0.05) is 50.9 Å².